The average Bonchev–Trinajstić information content (AvgIpc) is 2.98. The smallest absolute Gasteiger partial charge is 0.0859 e. The highest BCUT2D eigenvalue weighted by Crippen LogP contribution is 2.40. The van der Waals surface area contributed by atoms with E-state index < -0.39 is 5.41 Å². The number of halogens is 2. The van der Waals surface area contributed by atoms with Crippen LogP contribution in [-0.2, 0) is 5.41 Å². The lowest BCUT2D eigenvalue weighted by molar-refractivity contribution is 0.293. The number of benzene rings is 1. The molecule has 0 saturated carbocycles. The number of nitrogens with zero attached hydrogens (tertiary/aromatic N) is 2. The van der Waals surface area contributed by atoms with Crippen molar-refractivity contribution in [1.82, 2.24) is 4.90 Å². The maximum absolute atomic E-state index is 9.89. The molecule has 0 spiro atoms. The van der Waals surface area contributed by atoms with Gasteiger partial charge >= 0.3 is 0 Å². The van der Waals surface area contributed by atoms with E-state index in [-0.39, 0.29) is 18.3 Å². The molecule has 1 atom stereocenters. The normalized spacial score (nSPS) is 17.8. The van der Waals surface area contributed by atoms with Gasteiger partial charge in [0.2, 0.25) is 0 Å². The second kappa shape index (κ2) is 8.77. The van der Waals surface area contributed by atoms with E-state index in [1.54, 1.807) is 0 Å². The van der Waals surface area contributed by atoms with Crippen LogP contribution in [0.15, 0.2) is 24.3 Å². The molecule has 0 amide bonds. The highest BCUT2D eigenvalue weighted by atomic mass is 35.5. The van der Waals surface area contributed by atoms with Gasteiger partial charge in [-0.15, -0.1) is 12.4 Å². The van der Waals surface area contributed by atoms with Crippen molar-refractivity contribution in [2.45, 2.75) is 44.9 Å². The number of rotatable bonds is 6. The van der Waals surface area contributed by atoms with Gasteiger partial charge in [-0.05, 0) is 62.9 Å². The van der Waals surface area contributed by atoms with E-state index in [0.29, 0.717) is 5.02 Å². The molecule has 1 aliphatic rings. The minimum absolute atomic E-state index is 0. The molecule has 1 aromatic carbocycles. The van der Waals surface area contributed by atoms with Gasteiger partial charge in [-0.1, -0.05) is 43.6 Å². The zero-order valence-corrected chi connectivity index (χ0v) is 15.1. The summed E-state index contributed by atoms with van der Waals surface area (Å²) in [6, 6.07) is 10.4. The zero-order chi connectivity index (χ0) is 15.3. The third kappa shape index (κ3) is 4.16. The first-order valence-electron chi connectivity index (χ1n) is 7.99. The third-order valence-electron chi connectivity index (χ3n) is 4.78. The lowest BCUT2D eigenvalue weighted by Crippen LogP contribution is -2.32. The van der Waals surface area contributed by atoms with Crippen molar-refractivity contribution >= 4 is 24.0 Å². The van der Waals surface area contributed by atoms with Crippen LogP contribution in [0.5, 0.6) is 0 Å². The summed E-state index contributed by atoms with van der Waals surface area (Å²) < 4.78 is 0. The molecule has 1 heterocycles. The Morgan fingerprint density at radius 2 is 1.91 bits per heavy atom. The summed E-state index contributed by atoms with van der Waals surface area (Å²) in [6.45, 7) is 7.78. The van der Waals surface area contributed by atoms with Gasteiger partial charge in [-0.2, -0.15) is 5.26 Å². The van der Waals surface area contributed by atoms with E-state index in [1.807, 2.05) is 24.3 Å². The highest BCUT2D eigenvalue weighted by Gasteiger charge is 2.37. The van der Waals surface area contributed by atoms with Crippen LogP contribution in [-0.4, -0.2) is 24.5 Å². The minimum atomic E-state index is -0.474. The second-order valence-corrected chi connectivity index (χ2v) is 6.78. The van der Waals surface area contributed by atoms with Crippen LogP contribution in [0, 0.1) is 17.2 Å². The van der Waals surface area contributed by atoms with Gasteiger partial charge in [0.15, 0.2) is 0 Å². The summed E-state index contributed by atoms with van der Waals surface area (Å²) >= 11 is 6.38. The van der Waals surface area contributed by atoms with Gasteiger partial charge in [0.05, 0.1) is 11.5 Å². The molecule has 0 bridgehead atoms. The molecule has 1 fully saturated rings. The number of hydrogen-bond donors (Lipinski definition) is 0. The summed E-state index contributed by atoms with van der Waals surface area (Å²) in [4.78, 5) is 2.51. The highest BCUT2D eigenvalue weighted by molar-refractivity contribution is 6.31. The molecule has 0 aromatic heterocycles. The van der Waals surface area contributed by atoms with Crippen LogP contribution in [0.1, 0.15) is 45.1 Å². The molecule has 2 rings (SSSR count). The monoisotopic (exact) mass is 340 g/mol. The standard InChI is InChI=1S/C18H25ClN2.ClH/c1-15(2)18(14-20,16-8-3-4-9-17(16)19)10-7-13-21-11-5-6-12-21;/h3-4,8-9,15H,5-7,10-13H2,1-2H3;1H. The van der Waals surface area contributed by atoms with Crippen molar-refractivity contribution in [3.63, 3.8) is 0 Å². The number of hydrogen-bond acceptors (Lipinski definition) is 2. The van der Waals surface area contributed by atoms with Crippen LogP contribution >= 0.6 is 24.0 Å². The fraction of sp³-hybridized carbons (Fsp3) is 0.611. The fourth-order valence-corrected chi connectivity index (χ4v) is 3.69. The van der Waals surface area contributed by atoms with E-state index in [2.05, 4.69) is 24.8 Å². The van der Waals surface area contributed by atoms with Crippen molar-refractivity contribution in [3.8, 4) is 6.07 Å². The van der Waals surface area contributed by atoms with Gasteiger partial charge in [0, 0.05) is 5.02 Å². The quantitative estimate of drug-likeness (QED) is 0.723. The molecular formula is C18H26Cl2N2. The van der Waals surface area contributed by atoms with E-state index in [9.17, 15) is 5.26 Å². The molecule has 4 heteroatoms. The predicted octanol–water partition coefficient (Wildman–Crippen LogP) is 5.06. The molecule has 22 heavy (non-hydrogen) atoms. The maximum atomic E-state index is 9.89. The number of likely N-dealkylation sites (tertiary alicyclic amines) is 1. The molecular weight excluding hydrogens is 315 g/mol. The Hall–Kier alpha value is -0.750. The zero-order valence-electron chi connectivity index (χ0n) is 13.5. The van der Waals surface area contributed by atoms with Gasteiger partial charge < -0.3 is 4.90 Å². The third-order valence-corrected chi connectivity index (χ3v) is 5.11. The average molecular weight is 341 g/mol. The Morgan fingerprint density at radius 1 is 1.27 bits per heavy atom. The van der Waals surface area contributed by atoms with Crippen molar-refractivity contribution in [2.75, 3.05) is 19.6 Å². The predicted molar refractivity (Wildman–Crippen MR) is 95.7 cm³/mol. The van der Waals surface area contributed by atoms with Crippen LogP contribution < -0.4 is 0 Å². The summed E-state index contributed by atoms with van der Waals surface area (Å²) in [5, 5.41) is 10.6. The fourth-order valence-electron chi connectivity index (χ4n) is 3.39. The van der Waals surface area contributed by atoms with E-state index in [4.69, 9.17) is 11.6 Å². The van der Waals surface area contributed by atoms with Gasteiger partial charge in [0.25, 0.3) is 0 Å². The Balaban J connectivity index is 0.00000242. The Morgan fingerprint density at radius 3 is 2.45 bits per heavy atom. The Bertz CT molecular complexity index is 504. The van der Waals surface area contributed by atoms with Crippen molar-refractivity contribution in [2.24, 2.45) is 5.92 Å². The molecule has 0 radical (unpaired) electrons. The van der Waals surface area contributed by atoms with Crippen LogP contribution in [0.3, 0.4) is 0 Å². The molecule has 1 aromatic rings. The van der Waals surface area contributed by atoms with E-state index >= 15 is 0 Å². The van der Waals surface area contributed by atoms with Crippen LogP contribution in [0.4, 0.5) is 0 Å². The van der Waals surface area contributed by atoms with Crippen LogP contribution in [0.25, 0.3) is 0 Å². The first kappa shape index (κ1) is 19.3. The second-order valence-electron chi connectivity index (χ2n) is 6.37. The first-order valence-corrected chi connectivity index (χ1v) is 8.36. The largest absolute Gasteiger partial charge is 0.303 e. The molecule has 2 nitrogen and oxygen atoms in total. The summed E-state index contributed by atoms with van der Waals surface area (Å²) in [5.74, 6) is 0.251. The van der Waals surface area contributed by atoms with E-state index in [0.717, 1.165) is 24.9 Å². The summed E-state index contributed by atoms with van der Waals surface area (Å²) in [7, 11) is 0. The first-order chi connectivity index (χ1) is 10.1. The van der Waals surface area contributed by atoms with Gasteiger partial charge in [0.1, 0.15) is 0 Å². The molecule has 122 valence electrons. The topological polar surface area (TPSA) is 27.0 Å². The van der Waals surface area contributed by atoms with Crippen molar-refractivity contribution in [1.29, 1.82) is 5.26 Å². The van der Waals surface area contributed by atoms with Crippen LogP contribution in [0.2, 0.25) is 5.02 Å². The van der Waals surface area contributed by atoms with Gasteiger partial charge in [-0.3, -0.25) is 0 Å². The van der Waals surface area contributed by atoms with Crippen molar-refractivity contribution < 1.29 is 0 Å². The Kier molecular flexibility index (Phi) is 7.69. The molecule has 1 aliphatic heterocycles. The van der Waals surface area contributed by atoms with Gasteiger partial charge in [-0.25, -0.2) is 0 Å². The SMILES string of the molecule is CC(C)C(C#N)(CCCN1CCCC1)c1ccccc1Cl.Cl. The maximum Gasteiger partial charge on any atom is 0.0859 e. The summed E-state index contributed by atoms with van der Waals surface area (Å²) in [6.07, 6.45) is 4.56. The minimum Gasteiger partial charge on any atom is -0.303 e. The molecule has 1 unspecified atom stereocenters. The molecule has 1 saturated heterocycles. The molecule has 0 aliphatic carbocycles. The van der Waals surface area contributed by atoms with E-state index in [1.165, 1.54) is 25.9 Å². The lowest BCUT2D eigenvalue weighted by atomic mass is 9.70. The number of nitriles is 1. The molecule has 0 N–H and O–H groups in total. The lowest BCUT2D eigenvalue weighted by Gasteiger charge is -2.32. The Labute approximate surface area is 145 Å². The van der Waals surface area contributed by atoms with Crippen molar-refractivity contribution in [3.05, 3.63) is 34.9 Å². The summed E-state index contributed by atoms with van der Waals surface area (Å²) in [5.41, 5.74) is 0.517.